The van der Waals surface area contributed by atoms with Crippen molar-refractivity contribution in [1.82, 2.24) is 9.13 Å². The lowest BCUT2D eigenvalue weighted by Crippen LogP contribution is -2.29. The highest BCUT2D eigenvalue weighted by Gasteiger charge is 2.10. The van der Waals surface area contributed by atoms with Crippen LogP contribution in [0.2, 0.25) is 0 Å². The van der Waals surface area contributed by atoms with Gasteiger partial charge in [-0.15, -0.1) is 0 Å². The summed E-state index contributed by atoms with van der Waals surface area (Å²) < 4.78 is 3.25. The number of imidazole rings is 1. The predicted molar refractivity (Wildman–Crippen MR) is 69.7 cm³/mol. The van der Waals surface area contributed by atoms with Gasteiger partial charge in [-0.05, 0) is 17.9 Å². The van der Waals surface area contributed by atoms with Gasteiger partial charge in [0.2, 0.25) is 0 Å². The van der Waals surface area contributed by atoms with E-state index in [0.29, 0.717) is 18.6 Å². The van der Waals surface area contributed by atoms with Crippen molar-refractivity contribution < 1.29 is 10.0 Å². The summed E-state index contributed by atoms with van der Waals surface area (Å²) >= 11 is 0. The first-order valence-corrected chi connectivity index (χ1v) is 5.82. The molecule has 5 nitrogen and oxygen atoms in total. The molecule has 0 amide bonds. The monoisotopic (exact) mass is 246 g/mol. The van der Waals surface area contributed by atoms with Crippen LogP contribution in [0.15, 0.2) is 41.5 Å². The molecule has 2 rings (SSSR count). The van der Waals surface area contributed by atoms with Crippen molar-refractivity contribution in [1.29, 1.82) is 0 Å². The Labute approximate surface area is 105 Å². The van der Waals surface area contributed by atoms with E-state index in [1.807, 2.05) is 6.92 Å². The van der Waals surface area contributed by atoms with E-state index in [1.54, 1.807) is 45.8 Å². The van der Waals surface area contributed by atoms with E-state index in [4.69, 9.17) is 10.0 Å². The number of aromatic nitrogens is 2. The Hall–Kier alpha value is -1.79. The lowest BCUT2D eigenvalue weighted by Gasteiger charge is -2.04. The van der Waals surface area contributed by atoms with Crippen LogP contribution in [0.1, 0.15) is 12.5 Å². The van der Waals surface area contributed by atoms with Gasteiger partial charge in [0.05, 0.1) is 6.54 Å². The molecule has 1 heterocycles. The van der Waals surface area contributed by atoms with Crippen LogP contribution in [0.5, 0.6) is 0 Å². The van der Waals surface area contributed by atoms with Crippen LogP contribution in [-0.2, 0) is 13.1 Å². The first-order chi connectivity index (χ1) is 8.61. The largest absolute Gasteiger partial charge is 0.488 e. The van der Waals surface area contributed by atoms with E-state index >= 15 is 0 Å². The molecule has 2 aromatic rings. The summed E-state index contributed by atoms with van der Waals surface area (Å²) in [5.41, 5.74) is 1.34. The van der Waals surface area contributed by atoms with Crippen molar-refractivity contribution in [2.24, 2.45) is 0 Å². The summed E-state index contributed by atoms with van der Waals surface area (Å²) in [6.07, 6.45) is 3.51. The Morgan fingerprint density at radius 1 is 1.11 bits per heavy atom. The van der Waals surface area contributed by atoms with Gasteiger partial charge in [-0.3, -0.25) is 9.13 Å². The van der Waals surface area contributed by atoms with Gasteiger partial charge in [-0.25, -0.2) is 4.79 Å². The smallest absolute Gasteiger partial charge is 0.423 e. The van der Waals surface area contributed by atoms with Gasteiger partial charge in [0.1, 0.15) is 0 Å². The summed E-state index contributed by atoms with van der Waals surface area (Å²) in [7, 11) is -1.46. The van der Waals surface area contributed by atoms with Gasteiger partial charge >= 0.3 is 12.8 Å². The number of rotatable bonds is 4. The third kappa shape index (κ3) is 2.55. The second kappa shape index (κ2) is 5.24. The third-order valence-corrected chi connectivity index (χ3v) is 2.89. The molecule has 0 saturated carbocycles. The molecule has 18 heavy (non-hydrogen) atoms. The molecule has 6 heteroatoms. The lowest BCUT2D eigenvalue weighted by molar-refractivity contribution is 0.426. The van der Waals surface area contributed by atoms with Crippen molar-refractivity contribution in [2.75, 3.05) is 0 Å². The van der Waals surface area contributed by atoms with Crippen LogP contribution in [-0.4, -0.2) is 26.3 Å². The van der Waals surface area contributed by atoms with E-state index < -0.39 is 7.12 Å². The zero-order valence-electron chi connectivity index (χ0n) is 10.2. The zero-order chi connectivity index (χ0) is 13.1. The average Bonchev–Trinajstić information content (AvgIpc) is 2.71. The number of benzene rings is 1. The average molecular weight is 246 g/mol. The quantitative estimate of drug-likeness (QED) is 0.708. The van der Waals surface area contributed by atoms with Crippen LogP contribution in [0.25, 0.3) is 0 Å². The van der Waals surface area contributed by atoms with E-state index in [2.05, 4.69) is 0 Å². The van der Waals surface area contributed by atoms with Gasteiger partial charge in [0.15, 0.2) is 0 Å². The molecule has 94 valence electrons. The zero-order valence-corrected chi connectivity index (χ0v) is 10.2. The van der Waals surface area contributed by atoms with Gasteiger partial charge < -0.3 is 10.0 Å². The number of aryl methyl sites for hydroxylation is 1. The molecular weight excluding hydrogens is 231 g/mol. The van der Waals surface area contributed by atoms with E-state index in [9.17, 15) is 4.79 Å². The van der Waals surface area contributed by atoms with Crippen LogP contribution in [0.4, 0.5) is 0 Å². The van der Waals surface area contributed by atoms with Gasteiger partial charge in [0.25, 0.3) is 0 Å². The van der Waals surface area contributed by atoms with Gasteiger partial charge in [-0.2, -0.15) is 0 Å². The Kier molecular flexibility index (Phi) is 3.69. The molecular formula is C12H15BN2O3. The molecule has 0 atom stereocenters. The molecule has 0 spiro atoms. The molecule has 0 radical (unpaired) electrons. The highest BCUT2D eigenvalue weighted by Crippen LogP contribution is 2.00. The highest BCUT2D eigenvalue weighted by molar-refractivity contribution is 6.58. The van der Waals surface area contributed by atoms with Gasteiger partial charge in [-0.1, -0.05) is 24.3 Å². The first-order valence-electron chi connectivity index (χ1n) is 5.82. The van der Waals surface area contributed by atoms with Crippen LogP contribution >= 0.6 is 0 Å². The highest BCUT2D eigenvalue weighted by atomic mass is 16.4. The molecule has 1 aromatic carbocycles. The Morgan fingerprint density at radius 2 is 1.72 bits per heavy atom. The number of hydrogen-bond acceptors (Lipinski definition) is 3. The lowest BCUT2D eigenvalue weighted by atomic mass is 9.80. The SMILES string of the molecule is CCn1ccn(Cc2ccc(B(O)O)cc2)c1=O. The van der Waals surface area contributed by atoms with Crippen LogP contribution in [0, 0.1) is 0 Å². The minimum absolute atomic E-state index is 0.0382. The summed E-state index contributed by atoms with van der Waals surface area (Å²) in [4.78, 5) is 11.8. The van der Waals surface area contributed by atoms with E-state index in [1.165, 1.54) is 0 Å². The molecule has 0 aliphatic carbocycles. The maximum Gasteiger partial charge on any atom is 0.488 e. The fourth-order valence-corrected chi connectivity index (χ4v) is 1.81. The van der Waals surface area contributed by atoms with Crippen molar-refractivity contribution in [3.8, 4) is 0 Å². The van der Waals surface area contributed by atoms with E-state index in [-0.39, 0.29) is 5.69 Å². The summed E-state index contributed by atoms with van der Waals surface area (Å²) in [5.74, 6) is 0. The molecule has 0 aliphatic heterocycles. The van der Waals surface area contributed by atoms with E-state index in [0.717, 1.165) is 5.56 Å². The van der Waals surface area contributed by atoms with Gasteiger partial charge in [0, 0.05) is 18.9 Å². The van der Waals surface area contributed by atoms with Crippen molar-refractivity contribution >= 4 is 12.6 Å². The fourth-order valence-electron chi connectivity index (χ4n) is 1.81. The molecule has 0 aliphatic rings. The molecule has 2 N–H and O–H groups in total. The molecule has 0 fully saturated rings. The molecule has 0 bridgehead atoms. The second-order valence-electron chi connectivity index (χ2n) is 4.11. The minimum Gasteiger partial charge on any atom is -0.423 e. The topological polar surface area (TPSA) is 67.4 Å². The van der Waals surface area contributed by atoms with Crippen molar-refractivity contribution in [2.45, 2.75) is 20.0 Å². The Bertz CT molecular complexity index is 572. The first kappa shape index (κ1) is 12.7. The number of hydrogen-bond donors (Lipinski definition) is 2. The Balaban J connectivity index is 2.18. The second-order valence-corrected chi connectivity index (χ2v) is 4.11. The molecule has 1 aromatic heterocycles. The van der Waals surface area contributed by atoms with Crippen LogP contribution in [0.3, 0.4) is 0 Å². The standard InChI is InChI=1S/C12H15BN2O3/c1-2-14-7-8-15(12(14)16)9-10-3-5-11(6-4-10)13(17)18/h3-8,17-18H,2,9H2,1H3. The number of nitrogens with zero attached hydrogens (tertiary/aromatic N) is 2. The minimum atomic E-state index is -1.46. The maximum absolute atomic E-state index is 11.8. The maximum atomic E-state index is 11.8. The summed E-state index contributed by atoms with van der Waals surface area (Å²) in [6, 6.07) is 6.85. The molecule has 0 saturated heterocycles. The Morgan fingerprint density at radius 3 is 2.22 bits per heavy atom. The summed E-state index contributed by atoms with van der Waals surface area (Å²) in [5, 5.41) is 18.0. The van der Waals surface area contributed by atoms with Crippen molar-refractivity contribution in [3.05, 3.63) is 52.7 Å². The molecule has 0 unspecified atom stereocenters. The van der Waals surface area contributed by atoms with Crippen LogP contribution < -0.4 is 11.2 Å². The normalized spacial score (nSPS) is 10.6. The summed E-state index contributed by atoms with van der Waals surface area (Å²) in [6.45, 7) is 3.05. The van der Waals surface area contributed by atoms with Crippen molar-refractivity contribution in [3.63, 3.8) is 0 Å². The predicted octanol–water partition coefficient (Wildman–Crippen LogP) is -0.602. The fraction of sp³-hybridized carbons (Fsp3) is 0.250. The third-order valence-electron chi connectivity index (χ3n) is 2.89.